The van der Waals surface area contributed by atoms with E-state index in [0.717, 1.165) is 23.2 Å². The Morgan fingerprint density at radius 2 is 1.42 bits per heavy atom. The lowest BCUT2D eigenvalue weighted by molar-refractivity contribution is -0.0615. The Labute approximate surface area is 118 Å². The summed E-state index contributed by atoms with van der Waals surface area (Å²) in [5.74, 6) is 3.34. The van der Waals surface area contributed by atoms with E-state index in [1.54, 1.807) is 38.5 Å². The van der Waals surface area contributed by atoms with Gasteiger partial charge in [-0.15, -0.1) is 0 Å². The first kappa shape index (κ1) is 12.6. The summed E-state index contributed by atoms with van der Waals surface area (Å²) in [7, 11) is 0. The first-order valence-electron chi connectivity index (χ1n) is 8.69. The minimum absolute atomic E-state index is 0.482. The summed E-state index contributed by atoms with van der Waals surface area (Å²) in [6.07, 6.45) is 13.4. The molecule has 0 unspecified atom stereocenters. The highest BCUT2D eigenvalue weighted by Crippen LogP contribution is 2.61. The summed E-state index contributed by atoms with van der Waals surface area (Å²) < 4.78 is 0. The molecule has 0 aromatic rings. The summed E-state index contributed by atoms with van der Waals surface area (Å²) in [5.41, 5.74) is 6.78. The van der Waals surface area contributed by atoms with E-state index in [1.165, 1.54) is 38.9 Å². The molecule has 0 amide bonds. The normalized spacial score (nSPS) is 46.9. The van der Waals surface area contributed by atoms with Crippen molar-refractivity contribution in [3.63, 3.8) is 0 Å². The molecule has 0 spiro atoms. The number of nitrogens with zero attached hydrogens (tertiary/aromatic N) is 1. The Kier molecular flexibility index (Phi) is 3.15. The van der Waals surface area contributed by atoms with Crippen molar-refractivity contribution in [1.82, 2.24) is 4.90 Å². The van der Waals surface area contributed by atoms with Crippen LogP contribution in [0.5, 0.6) is 0 Å². The first-order valence-corrected chi connectivity index (χ1v) is 8.69. The zero-order chi connectivity index (χ0) is 12.9. The molecule has 5 aliphatic rings. The van der Waals surface area contributed by atoms with Gasteiger partial charge in [0, 0.05) is 6.04 Å². The molecule has 5 fully saturated rings. The van der Waals surface area contributed by atoms with E-state index in [-0.39, 0.29) is 0 Å². The molecule has 1 saturated heterocycles. The molecule has 108 valence electrons. The topological polar surface area (TPSA) is 29.3 Å². The molecule has 19 heavy (non-hydrogen) atoms. The molecule has 2 heteroatoms. The van der Waals surface area contributed by atoms with Crippen LogP contribution in [0, 0.1) is 23.2 Å². The highest BCUT2D eigenvalue weighted by molar-refractivity contribution is 5.01. The van der Waals surface area contributed by atoms with E-state index in [4.69, 9.17) is 5.73 Å². The fraction of sp³-hybridized carbons (Fsp3) is 1.00. The predicted molar refractivity (Wildman–Crippen MR) is 78.9 cm³/mol. The minimum Gasteiger partial charge on any atom is -0.328 e. The molecule has 0 aromatic carbocycles. The lowest BCUT2D eigenvalue weighted by atomic mass is 9.49. The molecule has 4 aliphatic carbocycles. The maximum absolute atomic E-state index is 6.01. The molecule has 1 heterocycles. The van der Waals surface area contributed by atoms with Crippen LogP contribution < -0.4 is 5.73 Å². The van der Waals surface area contributed by atoms with Gasteiger partial charge >= 0.3 is 0 Å². The van der Waals surface area contributed by atoms with E-state index >= 15 is 0 Å². The molecule has 2 nitrogen and oxygen atoms in total. The van der Waals surface area contributed by atoms with Crippen LogP contribution in [0.25, 0.3) is 0 Å². The van der Waals surface area contributed by atoms with Crippen LogP contribution >= 0.6 is 0 Å². The van der Waals surface area contributed by atoms with Crippen molar-refractivity contribution in [2.75, 3.05) is 19.6 Å². The molecule has 1 aliphatic heterocycles. The van der Waals surface area contributed by atoms with Crippen molar-refractivity contribution in [3.05, 3.63) is 0 Å². The molecule has 4 saturated carbocycles. The van der Waals surface area contributed by atoms with Crippen LogP contribution in [0.15, 0.2) is 0 Å². The van der Waals surface area contributed by atoms with E-state index in [0.29, 0.717) is 6.04 Å². The SMILES string of the molecule is NC1CCN(CCC23CC4CC(CC(C4)C2)C3)CC1. The Bertz CT molecular complexity index is 295. The van der Waals surface area contributed by atoms with Crippen LogP contribution in [0.4, 0.5) is 0 Å². The van der Waals surface area contributed by atoms with E-state index in [2.05, 4.69) is 4.90 Å². The Morgan fingerprint density at radius 1 is 0.895 bits per heavy atom. The van der Waals surface area contributed by atoms with Crippen molar-refractivity contribution in [2.24, 2.45) is 28.9 Å². The van der Waals surface area contributed by atoms with Crippen molar-refractivity contribution in [1.29, 1.82) is 0 Å². The van der Waals surface area contributed by atoms with Crippen molar-refractivity contribution in [2.45, 2.75) is 63.8 Å². The van der Waals surface area contributed by atoms with Gasteiger partial charge in [-0.05, 0) is 101 Å². The maximum atomic E-state index is 6.01. The third-order valence-electron chi connectivity index (χ3n) is 6.76. The van der Waals surface area contributed by atoms with Crippen LogP contribution in [0.1, 0.15) is 57.8 Å². The average Bonchev–Trinajstić information content (AvgIpc) is 2.36. The van der Waals surface area contributed by atoms with Crippen molar-refractivity contribution in [3.8, 4) is 0 Å². The minimum atomic E-state index is 0.482. The lowest BCUT2D eigenvalue weighted by Gasteiger charge is -2.57. The fourth-order valence-corrected chi connectivity index (χ4v) is 6.17. The highest BCUT2D eigenvalue weighted by atomic mass is 15.1. The predicted octanol–water partition coefficient (Wildman–Crippen LogP) is 3.02. The van der Waals surface area contributed by atoms with Gasteiger partial charge in [0.05, 0.1) is 0 Å². The standard InChI is InChI=1S/C17H30N2/c18-16-1-4-19(5-2-16)6-3-17-10-13-7-14(11-17)9-15(8-13)12-17/h13-16H,1-12,18H2. The zero-order valence-corrected chi connectivity index (χ0v) is 12.3. The van der Waals surface area contributed by atoms with E-state index in [1.807, 2.05) is 0 Å². The Balaban J connectivity index is 1.35. The molecular weight excluding hydrogens is 232 g/mol. The Hall–Kier alpha value is -0.0800. The molecule has 2 N–H and O–H groups in total. The summed E-state index contributed by atoms with van der Waals surface area (Å²) in [6.45, 7) is 3.87. The van der Waals surface area contributed by atoms with Gasteiger partial charge < -0.3 is 10.6 Å². The van der Waals surface area contributed by atoms with Crippen molar-refractivity contribution >= 4 is 0 Å². The molecular formula is C17H30N2. The van der Waals surface area contributed by atoms with Crippen molar-refractivity contribution < 1.29 is 0 Å². The van der Waals surface area contributed by atoms with Gasteiger partial charge in [-0.25, -0.2) is 0 Å². The maximum Gasteiger partial charge on any atom is 0.00631 e. The van der Waals surface area contributed by atoms with Crippen LogP contribution in [0.2, 0.25) is 0 Å². The fourth-order valence-electron chi connectivity index (χ4n) is 6.17. The van der Waals surface area contributed by atoms with Gasteiger partial charge in [0.25, 0.3) is 0 Å². The molecule has 0 aromatic heterocycles. The number of likely N-dealkylation sites (tertiary alicyclic amines) is 1. The Morgan fingerprint density at radius 3 is 1.95 bits per heavy atom. The van der Waals surface area contributed by atoms with Gasteiger partial charge in [-0.2, -0.15) is 0 Å². The number of nitrogens with two attached hydrogens (primary N) is 1. The van der Waals surface area contributed by atoms with Crippen LogP contribution in [-0.2, 0) is 0 Å². The molecule has 4 bridgehead atoms. The first-order chi connectivity index (χ1) is 9.21. The average molecular weight is 262 g/mol. The number of rotatable bonds is 3. The summed E-state index contributed by atoms with van der Waals surface area (Å²) in [4.78, 5) is 2.70. The number of hydrogen-bond acceptors (Lipinski definition) is 2. The molecule has 5 rings (SSSR count). The van der Waals surface area contributed by atoms with Gasteiger partial charge in [0.2, 0.25) is 0 Å². The van der Waals surface area contributed by atoms with E-state index in [9.17, 15) is 0 Å². The van der Waals surface area contributed by atoms with Gasteiger partial charge in [-0.1, -0.05) is 0 Å². The quantitative estimate of drug-likeness (QED) is 0.847. The second-order valence-corrected chi connectivity index (χ2v) is 8.35. The van der Waals surface area contributed by atoms with Gasteiger partial charge in [-0.3, -0.25) is 0 Å². The number of piperidine rings is 1. The summed E-state index contributed by atoms with van der Waals surface area (Å²) in [5, 5.41) is 0. The third kappa shape index (κ3) is 2.47. The van der Waals surface area contributed by atoms with E-state index < -0.39 is 0 Å². The highest BCUT2D eigenvalue weighted by Gasteiger charge is 2.50. The largest absolute Gasteiger partial charge is 0.328 e. The van der Waals surface area contributed by atoms with Crippen LogP contribution in [-0.4, -0.2) is 30.6 Å². The third-order valence-corrected chi connectivity index (χ3v) is 6.76. The number of hydrogen-bond donors (Lipinski definition) is 1. The zero-order valence-electron chi connectivity index (χ0n) is 12.3. The monoisotopic (exact) mass is 262 g/mol. The molecule has 0 atom stereocenters. The van der Waals surface area contributed by atoms with Crippen LogP contribution in [0.3, 0.4) is 0 Å². The van der Waals surface area contributed by atoms with Gasteiger partial charge in [0.15, 0.2) is 0 Å². The lowest BCUT2D eigenvalue weighted by Crippen LogP contribution is -2.48. The summed E-state index contributed by atoms with van der Waals surface area (Å²) >= 11 is 0. The second-order valence-electron chi connectivity index (χ2n) is 8.35. The smallest absolute Gasteiger partial charge is 0.00631 e. The van der Waals surface area contributed by atoms with Gasteiger partial charge in [0.1, 0.15) is 0 Å². The molecule has 0 radical (unpaired) electrons. The second kappa shape index (κ2) is 4.73. The summed E-state index contributed by atoms with van der Waals surface area (Å²) in [6, 6.07) is 0.482.